The van der Waals surface area contributed by atoms with E-state index in [-0.39, 0.29) is 42.5 Å². The number of hydrogen-bond donors (Lipinski definition) is 2. The molecule has 7 nitrogen and oxygen atoms in total. The molecule has 2 aliphatic rings. The highest BCUT2D eigenvalue weighted by Crippen LogP contribution is 2.33. The average Bonchev–Trinajstić information content (AvgIpc) is 3.21. The van der Waals surface area contributed by atoms with Crippen LogP contribution in [-0.2, 0) is 4.79 Å². The fourth-order valence-corrected chi connectivity index (χ4v) is 4.08. The lowest BCUT2D eigenvalue weighted by Gasteiger charge is -2.26. The molecule has 9 heteroatoms. The fourth-order valence-electron chi connectivity index (χ4n) is 3.91. The van der Waals surface area contributed by atoms with Crippen LogP contribution in [0, 0.1) is 0 Å². The lowest BCUT2D eigenvalue weighted by molar-refractivity contribution is -0.130. The van der Waals surface area contributed by atoms with Crippen molar-refractivity contribution in [2.45, 2.75) is 38.6 Å². The molecule has 3 rings (SSSR count). The summed E-state index contributed by atoms with van der Waals surface area (Å²) in [7, 11) is 1.67. The SMILES string of the molecule is CCNC(=NCC(=O)N1CCCCC1)NC1CCN(c2cc(Cl)ccc2OC)C1.I. The first-order chi connectivity index (χ1) is 14.1. The van der Waals surface area contributed by atoms with Crippen molar-refractivity contribution < 1.29 is 9.53 Å². The van der Waals surface area contributed by atoms with Gasteiger partial charge in [0.1, 0.15) is 12.3 Å². The van der Waals surface area contributed by atoms with Gasteiger partial charge in [-0.05, 0) is 50.8 Å². The first-order valence-electron chi connectivity index (χ1n) is 10.5. The maximum absolute atomic E-state index is 12.4. The summed E-state index contributed by atoms with van der Waals surface area (Å²) in [6.45, 7) is 6.41. The summed E-state index contributed by atoms with van der Waals surface area (Å²) in [6, 6.07) is 5.92. The predicted octanol–water partition coefficient (Wildman–Crippen LogP) is 3.11. The maximum atomic E-state index is 12.4. The first-order valence-corrected chi connectivity index (χ1v) is 10.9. The van der Waals surface area contributed by atoms with Crippen LogP contribution in [0.2, 0.25) is 5.02 Å². The minimum atomic E-state index is 0. The largest absolute Gasteiger partial charge is 0.495 e. The highest BCUT2D eigenvalue weighted by Gasteiger charge is 2.26. The Kier molecular flexibility index (Phi) is 10.3. The summed E-state index contributed by atoms with van der Waals surface area (Å²) in [5.41, 5.74) is 1.01. The molecule has 2 saturated heterocycles. The number of benzene rings is 1. The second kappa shape index (κ2) is 12.4. The smallest absolute Gasteiger partial charge is 0.244 e. The van der Waals surface area contributed by atoms with Crippen molar-refractivity contribution in [2.75, 3.05) is 51.3 Å². The Hall–Kier alpha value is -1.42. The van der Waals surface area contributed by atoms with Gasteiger partial charge in [0.2, 0.25) is 5.91 Å². The Morgan fingerprint density at radius 3 is 2.73 bits per heavy atom. The normalized spacial score (nSPS) is 19.3. The number of carbonyl (C=O) groups is 1. The van der Waals surface area contributed by atoms with Crippen LogP contribution in [0.4, 0.5) is 5.69 Å². The number of halogens is 2. The molecule has 0 aromatic heterocycles. The Labute approximate surface area is 201 Å². The third-order valence-corrected chi connectivity index (χ3v) is 5.67. The summed E-state index contributed by atoms with van der Waals surface area (Å²) in [6.07, 6.45) is 4.38. The molecule has 0 saturated carbocycles. The fraction of sp³-hybridized carbons (Fsp3) is 0.619. The number of carbonyl (C=O) groups excluding carboxylic acids is 1. The number of guanidine groups is 1. The number of hydrogen-bond acceptors (Lipinski definition) is 4. The summed E-state index contributed by atoms with van der Waals surface area (Å²) >= 11 is 6.19. The Morgan fingerprint density at radius 2 is 2.03 bits per heavy atom. The molecule has 1 atom stereocenters. The van der Waals surface area contributed by atoms with Gasteiger partial charge in [-0.25, -0.2) is 4.99 Å². The van der Waals surface area contributed by atoms with E-state index >= 15 is 0 Å². The number of amides is 1. The standard InChI is InChI=1S/C21H32ClN5O2.HI/c1-3-23-21(24-14-20(28)26-10-5-4-6-11-26)25-17-9-12-27(15-17)18-13-16(22)7-8-19(18)29-2;/h7-8,13,17H,3-6,9-12,14-15H2,1-2H3,(H2,23,24,25);1H. The van der Waals surface area contributed by atoms with Gasteiger partial charge in [-0.3, -0.25) is 4.79 Å². The van der Waals surface area contributed by atoms with E-state index < -0.39 is 0 Å². The highest BCUT2D eigenvalue weighted by molar-refractivity contribution is 14.0. The molecular formula is C21H33ClIN5O2. The summed E-state index contributed by atoms with van der Waals surface area (Å²) in [5, 5.41) is 7.44. The number of piperidine rings is 1. The van der Waals surface area contributed by atoms with E-state index in [0.717, 1.165) is 63.4 Å². The van der Waals surface area contributed by atoms with E-state index in [1.807, 2.05) is 30.0 Å². The van der Waals surface area contributed by atoms with Crippen LogP contribution in [0.3, 0.4) is 0 Å². The number of nitrogens with zero attached hydrogens (tertiary/aromatic N) is 3. The summed E-state index contributed by atoms with van der Waals surface area (Å²) in [5.74, 6) is 1.63. The minimum Gasteiger partial charge on any atom is -0.495 e. The zero-order valence-electron chi connectivity index (χ0n) is 17.8. The number of anilines is 1. The lowest BCUT2D eigenvalue weighted by Crippen LogP contribution is -2.45. The van der Waals surface area contributed by atoms with Crippen molar-refractivity contribution in [3.8, 4) is 5.75 Å². The van der Waals surface area contributed by atoms with E-state index in [1.54, 1.807) is 7.11 Å². The predicted molar refractivity (Wildman–Crippen MR) is 134 cm³/mol. The van der Waals surface area contributed by atoms with Gasteiger partial charge in [-0.2, -0.15) is 0 Å². The number of likely N-dealkylation sites (tertiary alicyclic amines) is 1. The van der Waals surface area contributed by atoms with E-state index in [9.17, 15) is 4.79 Å². The number of ether oxygens (including phenoxy) is 1. The number of rotatable bonds is 6. The van der Waals surface area contributed by atoms with Gasteiger partial charge in [0.05, 0.1) is 12.8 Å². The van der Waals surface area contributed by atoms with Crippen molar-refractivity contribution in [3.63, 3.8) is 0 Å². The molecule has 0 radical (unpaired) electrons. The average molecular weight is 550 g/mol. The molecule has 1 amide bonds. The van der Waals surface area contributed by atoms with E-state index in [2.05, 4.69) is 20.5 Å². The Balaban J connectivity index is 0.00000320. The molecule has 168 valence electrons. The second-order valence-corrected chi connectivity index (χ2v) is 7.97. The topological polar surface area (TPSA) is 69.2 Å². The molecule has 0 bridgehead atoms. The summed E-state index contributed by atoms with van der Waals surface area (Å²) in [4.78, 5) is 21.1. The third kappa shape index (κ3) is 6.80. The van der Waals surface area contributed by atoms with Crippen molar-refractivity contribution in [2.24, 2.45) is 4.99 Å². The van der Waals surface area contributed by atoms with Crippen LogP contribution in [0.5, 0.6) is 5.75 Å². The van der Waals surface area contributed by atoms with Gasteiger partial charge in [0.15, 0.2) is 5.96 Å². The maximum Gasteiger partial charge on any atom is 0.244 e. The van der Waals surface area contributed by atoms with Crippen LogP contribution in [-0.4, -0.2) is 69.2 Å². The lowest BCUT2D eigenvalue weighted by atomic mass is 10.1. The molecule has 2 heterocycles. The van der Waals surface area contributed by atoms with Crippen LogP contribution < -0.4 is 20.3 Å². The van der Waals surface area contributed by atoms with Gasteiger partial charge in [-0.1, -0.05) is 11.6 Å². The van der Waals surface area contributed by atoms with Crippen LogP contribution in [0.25, 0.3) is 0 Å². The van der Waals surface area contributed by atoms with Crippen LogP contribution >= 0.6 is 35.6 Å². The van der Waals surface area contributed by atoms with Crippen molar-refractivity contribution in [1.82, 2.24) is 15.5 Å². The second-order valence-electron chi connectivity index (χ2n) is 7.53. The van der Waals surface area contributed by atoms with Crippen LogP contribution in [0.15, 0.2) is 23.2 Å². The highest BCUT2D eigenvalue weighted by atomic mass is 127. The molecule has 30 heavy (non-hydrogen) atoms. The monoisotopic (exact) mass is 549 g/mol. The quantitative estimate of drug-likeness (QED) is 0.324. The number of aliphatic imine (C=N–C) groups is 1. The van der Waals surface area contributed by atoms with Crippen molar-refractivity contribution in [3.05, 3.63) is 23.2 Å². The molecule has 2 aliphatic heterocycles. The number of nitrogens with one attached hydrogen (secondary N) is 2. The van der Waals surface area contributed by atoms with Gasteiger partial charge in [-0.15, -0.1) is 24.0 Å². The molecule has 1 unspecified atom stereocenters. The van der Waals surface area contributed by atoms with Crippen molar-refractivity contribution in [1.29, 1.82) is 0 Å². The van der Waals surface area contributed by atoms with E-state index in [1.165, 1.54) is 6.42 Å². The van der Waals surface area contributed by atoms with Gasteiger partial charge in [0.25, 0.3) is 0 Å². The van der Waals surface area contributed by atoms with E-state index in [0.29, 0.717) is 11.0 Å². The molecule has 0 aliphatic carbocycles. The molecular weight excluding hydrogens is 517 g/mol. The zero-order chi connectivity index (χ0) is 20.6. The van der Waals surface area contributed by atoms with Gasteiger partial charge < -0.3 is 25.2 Å². The summed E-state index contributed by atoms with van der Waals surface area (Å²) < 4.78 is 5.49. The number of methoxy groups -OCH3 is 1. The molecule has 1 aromatic carbocycles. The van der Waals surface area contributed by atoms with Crippen molar-refractivity contribution >= 4 is 53.1 Å². The third-order valence-electron chi connectivity index (χ3n) is 5.44. The molecule has 2 fully saturated rings. The minimum absolute atomic E-state index is 0. The van der Waals surface area contributed by atoms with Crippen LogP contribution in [0.1, 0.15) is 32.6 Å². The Bertz CT molecular complexity index is 727. The first kappa shape index (κ1) is 24.8. The van der Waals surface area contributed by atoms with Gasteiger partial charge >= 0.3 is 0 Å². The molecule has 0 spiro atoms. The molecule has 1 aromatic rings. The Morgan fingerprint density at radius 1 is 1.27 bits per heavy atom. The van der Waals surface area contributed by atoms with E-state index in [4.69, 9.17) is 16.3 Å². The van der Waals surface area contributed by atoms with Gasteiger partial charge in [0, 0.05) is 43.8 Å². The molecule has 2 N–H and O–H groups in total. The zero-order valence-corrected chi connectivity index (χ0v) is 20.9.